The van der Waals surface area contributed by atoms with Crippen molar-refractivity contribution < 1.29 is 17.9 Å². The molecule has 6 nitrogen and oxygen atoms in total. The molecular formula is C25H28N2O4S. The fourth-order valence-electron chi connectivity index (χ4n) is 3.29. The van der Waals surface area contributed by atoms with Gasteiger partial charge in [0.2, 0.25) is 5.91 Å². The molecule has 0 aliphatic rings. The number of para-hydroxylation sites is 1. The molecule has 0 fully saturated rings. The van der Waals surface area contributed by atoms with Crippen LogP contribution in [0.2, 0.25) is 0 Å². The summed E-state index contributed by atoms with van der Waals surface area (Å²) in [6.45, 7) is 2.72. The minimum Gasteiger partial charge on any atom is -0.375 e. The number of benzene rings is 3. The van der Waals surface area contributed by atoms with Gasteiger partial charge >= 0.3 is 0 Å². The maximum atomic E-state index is 13.4. The highest BCUT2D eigenvalue weighted by Gasteiger charge is 2.28. The lowest BCUT2D eigenvalue weighted by atomic mass is 10.1. The Kier molecular flexibility index (Phi) is 8.41. The van der Waals surface area contributed by atoms with Crippen LogP contribution in [0.25, 0.3) is 0 Å². The van der Waals surface area contributed by atoms with Gasteiger partial charge in [0, 0.05) is 6.54 Å². The van der Waals surface area contributed by atoms with Gasteiger partial charge in [-0.2, -0.15) is 0 Å². The van der Waals surface area contributed by atoms with Crippen molar-refractivity contribution in [1.29, 1.82) is 0 Å². The number of carbonyl (C=O) groups excluding carboxylic acids is 1. The first-order valence-corrected chi connectivity index (χ1v) is 12.0. The predicted octanol–water partition coefficient (Wildman–Crippen LogP) is 3.78. The van der Waals surface area contributed by atoms with Crippen molar-refractivity contribution in [3.63, 3.8) is 0 Å². The zero-order valence-corrected chi connectivity index (χ0v) is 18.9. The minimum absolute atomic E-state index is 0.143. The first-order chi connectivity index (χ1) is 15.5. The van der Waals surface area contributed by atoms with Gasteiger partial charge in [-0.05, 0) is 35.7 Å². The number of ether oxygens (including phenoxy) is 1. The molecule has 0 saturated heterocycles. The molecule has 0 saturated carbocycles. The first kappa shape index (κ1) is 23.5. The molecule has 0 aliphatic heterocycles. The largest absolute Gasteiger partial charge is 0.375 e. The average molecular weight is 453 g/mol. The molecule has 3 aromatic rings. The van der Waals surface area contributed by atoms with Crippen LogP contribution < -0.4 is 9.62 Å². The highest BCUT2D eigenvalue weighted by Crippen LogP contribution is 2.27. The van der Waals surface area contributed by atoms with Crippen LogP contribution in [0.1, 0.15) is 18.1 Å². The lowest BCUT2D eigenvalue weighted by Gasteiger charge is -2.26. The van der Waals surface area contributed by atoms with E-state index in [-0.39, 0.29) is 11.4 Å². The highest BCUT2D eigenvalue weighted by atomic mass is 32.2. The summed E-state index contributed by atoms with van der Waals surface area (Å²) in [5.41, 5.74) is 2.41. The molecule has 0 radical (unpaired) electrons. The van der Waals surface area contributed by atoms with Crippen molar-refractivity contribution in [2.75, 3.05) is 24.0 Å². The van der Waals surface area contributed by atoms with Crippen LogP contribution >= 0.6 is 0 Å². The predicted molar refractivity (Wildman–Crippen MR) is 126 cm³/mol. The molecule has 0 unspecified atom stereocenters. The normalized spacial score (nSPS) is 11.2. The van der Waals surface area contributed by atoms with Crippen LogP contribution in [0, 0.1) is 0 Å². The Labute approximate surface area is 189 Å². The molecule has 0 atom stereocenters. The third-order valence-corrected chi connectivity index (χ3v) is 6.71. The van der Waals surface area contributed by atoms with Crippen molar-refractivity contribution in [2.45, 2.75) is 24.8 Å². The molecule has 1 amide bonds. The van der Waals surface area contributed by atoms with Crippen molar-refractivity contribution in [3.05, 3.63) is 96.1 Å². The number of nitrogens with one attached hydrogen (secondary N) is 1. The van der Waals surface area contributed by atoms with Gasteiger partial charge in [0.05, 0.1) is 23.8 Å². The lowest BCUT2D eigenvalue weighted by Crippen LogP contribution is -2.42. The monoisotopic (exact) mass is 452 g/mol. The summed E-state index contributed by atoms with van der Waals surface area (Å²) in [5.74, 6) is -0.390. The van der Waals surface area contributed by atoms with Gasteiger partial charge in [-0.3, -0.25) is 9.10 Å². The van der Waals surface area contributed by atoms with E-state index in [0.29, 0.717) is 31.9 Å². The standard InChI is InChI=1S/C25H28N2O4S/c1-2-22-13-9-10-16-24(22)27(32(29,30)23-14-7-4-8-15-23)19-25(28)26-17-18-31-20-21-11-5-3-6-12-21/h3-16H,2,17-20H2,1H3,(H,26,28). The number of nitrogens with zero attached hydrogens (tertiary/aromatic N) is 1. The number of anilines is 1. The van der Waals surface area contributed by atoms with Crippen molar-refractivity contribution in [2.24, 2.45) is 0 Å². The summed E-state index contributed by atoms with van der Waals surface area (Å²) in [5, 5.41) is 2.76. The molecule has 168 valence electrons. The third kappa shape index (κ3) is 6.18. The SMILES string of the molecule is CCc1ccccc1N(CC(=O)NCCOCc1ccccc1)S(=O)(=O)c1ccccc1. The van der Waals surface area contributed by atoms with Crippen LogP contribution in [0.3, 0.4) is 0 Å². The molecule has 0 aromatic heterocycles. The molecule has 32 heavy (non-hydrogen) atoms. The quantitative estimate of drug-likeness (QED) is 0.449. The summed E-state index contributed by atoms with van der Waals surface area (Å²) in [7, 11) is -3.91. The Balaban J connectivity index is 1.68. The van der Waals surface area contributed by atoms with E-state index < -0.39 is 15.9 Å². The van der Waals surface area contributed by atoms with Gasteiger partial charge < -0.3 is 10.1 Å². The maximum absolute atomic E-state index is 13.4. The molecule has 0 bridgehead atoms. The zero-order chi connectivity index (χ0) is 22.8. The Morgan fingerprint density at radius 3 is 2.22 bits per heavy atom. The van der Waals surface area contributed by atoms with Crippen LogP contribution in [-0.2, 0) is 32.6 Å². The first-order valence-electron chi connectivity index (χ1n) is 10.6. The third-order valence-electron chi connectivity index (χ3n) is 4.94. The van der Waals surface area contributed by atoms with Crippen molar-refractivity contribution in [1.82, 2.24) is 5.32 Å². The summed E-state index contributed by atoms with van der Waals surface area (Å²) < 4.78 is 33.5. The second-order valence-electron chi connectivity index (χ2n) is 7.20. The number of amides is 1. The van der Waals surface area contributed by atoms with E-state index in [2.05, 4.69) is 5.32 Å². The Hall–Kier alpha value is -3.16. The van der Waals surface area contributed by atoms with E-state index >= 15 is 0 Å². The highest BCUT2D eigenvalue weighted by molar-refractivity contribution is 7.92. The molecular weight excluding hydrogens is 424 g/mol. The van der Waals surface area contributed by atoms with E-state index in [1.54, 1.807) is 30.3 Å². The second-order valence-corrected chi connectivity index (χ2v) is 9.06. The van der Waals surface area contributed by atoms with Gasteiger partial charge in [0.1, 0.15) is 6.54 Å². The molecule has 1 N–H and O–H groups in total. The fraction of sp³-hybridized carbons (Fsp3) is 0.240. The van der Waals surface area contributed by atoms with Crippen LogP contribution in [0.15, 0.2) is 89.8 Å². The molecule has 3 aromatic carbocycles. The smallest absolute Gasteiger partial charge is 0.264 e. The topological polar surface area (TPSA) is 75.7 Å². The van der Waals surface area contributed by atoms with E-state index in [9.17, 15) is 13.2 Å². The maximum Gasteiger partial charge on any atom is 0.264 e. The number of hydrogen-bond donors (Lipinski definition) is 1. The zero-order valence-electron chi connectivity index (χ0n) is 18.1. The second kappa shape index (κ2) is 11.5. The summed E-state index contributed by atoms with van der Waals surface area (Å²) in [6.07, 6.45) is 0.645. The van der Waals surface area contributed by atoms with E-state index in [1.165, 1.54) is 16.4 Å². The van der Waals surface area contributed by atoms with Crippen LogP contribution in [0.4, 0.5) is 5.69 Å². The van der Waals surface area contributed by atoms with Gasteiger partial charge in [0.15, 0.2) is 0 Å². The molecule has 3 rings (SSSR count). The Bertz CT molecular complexity index is 1100. The molecule has 0 spiro atoms. The van der Waals surface area contributed by atoms with Crippen LogP contribution in [-0.4, -0.2) is 34.0 Å². The van der Waals surface area contributed by atoms with E-state index in [0.717, 1.165) is 11.1 Å². The van der Waals surface area contributed by atoms with Crippen LogP contribution in [0.5, 0.6) is 0 Å². The number of aryl methyl sites for hydroxylation is 1. The van der Waals surface area contributed by atoms with Gasteiger partial charge in [0.25, 0.3) is 10.0 Å². The van der Waals surface area contributed by atoms with E-state index in [4.69, 9.17) is 4.74 Å². The van der Waals surface area contributed by atoms with E-state index in [1.807, 2.05) is 49.4 Å². The molecule has 7 heteroatoms. The van der Waals surface area contributed by atoms with Gasteiger partial charge in [-0.15, -0.1) is 0 Å². The molecule has 0 aliphatic carbocycles. The molecule has 0 heterocycles. The summed E-state index contributed by atoms with van der Waals surface area (Å²) >= 11 is 0. The van der Waals surface area contributed by atoms with Gasteiger partial charge in [-0.1, -0.05) is 73.7 Å². The fourth-order valence-corrected chi connectivity index (χ4v) is 4.77. The number of carbonyl (C=O) groups is 1. The number of hydrogen-bond acceptors (Lipinski definition) is 4. The lowest BCUT2D eigenvalue weighted by molar-refractivity contribution is -0.119. The Morgan fingerprint density at radius 1 is 0.906 bits per heavy atom. The Morgan fingerprint density at radius 2 is 1.53 bits per heavy atom. The summed E-state index contributed by atoms with van der Waals surface area (Å²) in [6, 6.07) is 25.2. The summed E-state index contributed by atoms with van der Waals surface area (Å²) in [4.78, 5) is 12.8. The van der Waals surface area contributed by atoms with Crippen molar-refractivity contribution in [3.8, 4) is 0 Å². The number of rotatable bonds is 11. The minimum atomic E-state index is -3.91. The number of sulfonamides is 1. The average Bonchev–Trinajstić information content (AvgIpc) is 2.83. The van der Waals surface area contributed by atoms with Crippen molar-refractivity contribution >= 4 is 21.6 Å². The van der Waals surface area contributed by atoms with Gasteiger partial charge in [-0.25, -0.2) is 8.42 Å².